The van der Waals surface area contributed by atoms with Crippen molar-refractivity contribution in [3.8, 4) is 0 Å². The van der Waals surface area contributed by atoms with Gasteiger partial charge in [0, 0.05) is 5.69 Å². The van der Waals surface area contributed by atoms with Gasteiger partial charge < -0.3 is 10.6 Å². The molecular weight excluding hydrogens is 392 g/mol. The SMILES string of the molecule is Cc1ccccc1Nc1nnc(SCC(=O)N[C@]2(C)CCS(=O)(=O)C2)s1. The Kier molecular flexibility index (Phi) is 5.54. The van der Waals surface area contributed by atoms with Crippen LogP contribution < -0.4 is 10.6 Å². The number of carbonyl (C=O) groups is 1. The van der Waals surface area contributed by atoms with Gasteiger partial charge in [0.1, 0.15) is 0 Å². The highest BCUT2D eigenvalue weighted by molar-refractivity contribution is 8.01. The summed E-state index contributed by atoms with van der Waals surface area (Å²) in [5.74, 6) is 0.105. The van der Waals surface area contributed by atoms with Gasteiger partial charge in [0.15, 0.2) is 14.2 Å². The number of aromatic nitrogens is 2. The van der Waals surface area contributed by atoms with Gasteiger partial charge in [0.2, 0.25) is 11.0 Å². The van der Waals surface area contributed by atoms with Crippen LogP contribution in [0.5, 0.6) is 0 Å². The van der Waals surface area contributed by atoms with Crippen LogP contribution in [0.1, 0.15) is 18.9 Å². The van der Waals surface area contributed by atoms with Crippen LogP contribution in [0.3, 0.4) is 0 Å². The van der Waals surface area contributed by atoms with Gasteiger partial charge >= 0.3 is 0 Å². The van der Waals surface area contributed by atoms with E-state index >= 15 is 0 Å². The normalized spacial score (nSPS) is 21.5. The molecule has 7 nitrogen and oxygen atoms in total. The van der Waals surface area contributed by atoms with E-state index in [0.29, 0.717) is 15.9 Å². The number of nitrogens with one attached hydrogen (secondary N) is 2. The standard InChI is InChI=1S/C16H20N4O3S3/c1-11-5-3-4-6-12(11)17-14-19-20-15(25-14)24-9-13(21)18-16(2)7-8-26(22,23)10-16/h3-6H,7-10H2,1-2H3,(H,17,19)(H,18,21)/t16-/m1/s1. The topological polar surface area (TPSA) is 101 Å². The van der Waals surface area contributed by atoms with E-state index in [1.165, 1.54) is 23.1 Å². The Morgan fingerprint density at radius 2 is 2.12 bits per heavy atom. The van der Waals surface area contributed by atoms with Crippen LogP contribution in [0.15, 0.2) is 28.6 Å². The maximum Gasteiger partial charge on any atom is 0.230 e. The third kappa shape index (κ3) is 4.95. The van der Waals surface area contributed by atoms with Crippen LogP contribution >= 0.6 is 23.1 Å². The number of carbonyl (C=O) groups excluding carboxylic acids is 1. The number of benzene rings is 1. The van der Waals surface area contributed by atoms with Gasteiger partial charge in [-0.25, -0.2) is 8.42 Å². The average Bonchev–Trinajstić information content (AvgIpc) is 3.11. The average molecular weight is 413 g/mol. The maximum absolute atomic E-state index is 12.1. The Morgan fingerprint density at radius 3 is 2.81 bits per heavy atom. The zero-order valence-electron chi connectivity index (χ0n) is 14.5. The van der Waals surface area contributed by atoms with Crippen molar-refractivity contribution in [3.05, 3.63) is 29.8 Å². The monoisotopic (exact) mass is 412 g/mol. The van der Waals surface area contributed by atoms with E-state index in [1.807, 2.05) is 31.2 Å². The molecule has 1 aliphatic rings. The van der Waals surface area contributed by atoms with Crippen molar-refractivity contribution in [1.82, 2.24) is 15.5 Å². The number of sulfone groups is 1. The Morgan fingerprint density at radius 1 is 1.35 bits per heavy atom. The van der Waals surface area contributed by atoms with E-state index in [0.717, 1.165) is 11.3 Å². The molecule has 1 aliphatic heterocycles. The molecule has 1 amide bonds. The summed E-state index contributed by atoms with van der Waals surface area (Å²) in [6.07, 6.45) is 0.453. The van der Waals surface area contributed by atoms with Crippen LogP contribution in [0.25, 0.3) is 0 Å². The van der Waals surface area contributed by atoms with Gasteiger partial charge in [-0.1, -0.05) is 41.3 Å². The Bertz CT molecular complexity index is 913. The smallest absolute Gasteiger partial charge is 0.230 e. The zero-order valence-corrected chi connectivity index (χ0v) is 16.9. The first-order valence-electron chi connectivity index (χ1n) is 8.05. The van der Waals surface area contributed by atoms with Gasteiger partial charge in [0.25, 0.3) is 0 Å². The predicted octanol–water partition coefficient (Wildman–Crippen LogP) is 2.38. The summed E-state index contributed by atoms with van der Waals surface area (Å²) in [5.41, 5.74) is 1.40. The van der Waals surface area contributed by atoms with Crippen LogP contribution in [0.4, 0.5) is 10.8 Å². The highest BCUT2D eigenvalue weighted by Gasteiger charge is 2.39. The first-order valence-corrected chi connectivity index (χ1v) is 11.7. The molecule has 0 spiro atoms. The predicted molar refractivity (Wildman–Crippen MR) is 105 cm³/mol. The number of nitrogens with zero attached hydrogens (tertiary/aromatic N) is 2. The molecule has 1 aromatic heterocycles. The molecule has 0 aliphatic carbocycles. The number of thioether (sulfide) groups is 1. The second-order valence-electron chi connectivity index (χ2n) is 6.55. The molecule has 0 unspecified atom stereocenters. The third-order valence-electron chi connectivity index (χ3n) is 4.06. The Balaban J connectivity index is 1.52. The molecule has 10 heteroatoms. The minimum Gasteiger partial charge on any atom is -0.349 e. The van der Waals surface area contributed by atoms with Crippen molar-refractivity contribution in [2.75, 3.05) is 22.6 Å². The fraction of sp³-hybridized carbons (Fsp3) is 0.438. The van der Waals surface area contributed by atoms with Gasteiger partial charge in [-0.3, -0.25) is 4.79 Å². The molecule has 2 heterocycles. The van der Waals surface area contributed by atoms with E-state index in [1.54, 1.807) is 6.92 Å². The van der Waals surface area contributed by atoms with E-state index in [4.69, 9.17) is 0 Å². The minimum atomic E-state index is -3.05. The molecule has 0 saturated carbocycles. The molecule has 1 fully saturated rings. The van der Waals surface area contributed by atoms with Gasteiger partial charge in [-0.15, -0.1) is 10.2 Å². The number of amides is 1. The van der Waals surface area contributed by atoms with Crippen molar-refractivity contribution in [3.63, 3.8) is 0 Å². The number of rotatable bonds is 6. The second kappa shape index (κ2) is 7.53. The van der Waals surface area contributed by atoms with Gasteiger partial charge in [-0.05, 0) is 31.9 Å². The van der Waals surface area contributed by atoms with Crippen LogP contribution in [0, 0.1) is 6.92 Å². The van der Waals surface area contributed by atoms with Crippen LogP contribution in [-0.2, 0) is 14.6 Å². The lowest BCUT2D eigenvalue weighted by molar-refractivity contribution is -0.120. The molecule has 0 radical (unpaired) electrons. The summed E-state index contributed by atoms with van der Waals surface area (Å²) < 4.78 is 23.9. The van der Waals surface area contributed by atoms with Crippen molar-refractivity contribution >= 4 is 49.7 Å². The molecule has 140 valence electrons. The zero-order chi connectivity index (χ0) is 18.8. The lowest BCUT2D eigenvalue weighted by atomic mass is 10.0. The number of aryl methyl sites for hydroxylation is 1. The molecule has 2 aromatic rings. The van der Waals surface area contributed by atoms with E-state index < -0.39 is 15.4 Å². The lowest BCUT2D eigenvalue weighted by Crippen LogP contribution is -2.47. The molecule has 1 atom stereocenters. The molecule has 26 heavy (non-hydrogen) atoms. The number of para-hydroxylation sites is 1. The Hall–Kier alpha value is -1.65. The maximum atomic E-state index is 12.1. The van der Waals surface area contributed by atoms with E-state index in [9.17, 15) is 13.2 Å². The first kappa shape index (κ1) is 19.1. The fourth-order valence-corrected chi connectivity index (χ4v) is 6.41. The molecule has 1 saturated heterocycles. The second-order valence-corrected chi connectivity index (χ2v) is 10.9. The van der Waals surface area contributed by atoms with Gasteiger partial charge in [-0.2, -0.15) is 0 Å². The molecule has 2 N–H and O–H groups in total. The third-order valence-corrected chi connectivity index (χ3v) is 7.94. The summed E-state index contributed by atoms with van der Waals surface area (Å²) in [6.45, 7) is 3.78. The largest absolute Gasteiger partial charge is 0.349 e. The van der Waals surface area contributed by atoms with Crippen molar-refractivity contribution < 1.29 is 13.2 Å². The van der Waals surface area contributed by atoms with Crippen molar-refractivity contribution in [2.24, 2.45) is 0 Å². The summed E-state index contributed by atoms with van der Waals surface area (Å²) >= 11 is 2.66. The molecule has 0 bridgehead atoms. The molecular formula is C16H20N4O3S3. The van der Waals surface area contributed by atoms with E-state index in [2.05, 4.69) is 20.8 Å². The number of hydrogen-bond donors (Lipinski definition) is 2. The lowest BCUT2D eigenvalue weighted by Gasteiger charge is -2.23. The number of anilines is 2. The summed E-state index contributed by atoms with van der Waals surface area (Å²) in [4.78, 5) is 12.1. The Labute approximate surface area is 160 Å². The first-order chi connectivity index (χ1) is 12.2. The minimum absolute atomic E-state index is 0.000289. The highest BCUT2D eigenvalue weighted by Crippen LogP contribution is 2.29. The summed E-state index contributed by atoms with van der Waals surface area (Å²) in [7, 11) is -3.05. The van der Waals surface area contributed by atoms with Crippen molar-refractivity contribution in [1.29, 1.82) is 0 Å². The quantitative estimate of drug-likeness (QED) is 0.703. The molecule has 1 aromatic carbocycles. The van der Waals surface area contributed by atoms with Gasteiger partial charge in [0.05, 0.1) is 22.8 Å². The summed E-state index contributed by atoms with van der Waals surface area (Å²) in [6, 6.07) is 7.89. The fourth-order valence-electron chi connectivity index (χ4n) is 2.76. The summed E-state index contributed by atoms with van der Waals surface area (Å²) in [5, 5.41) is 14.9. The van der Waals surface area contributed by atoms with Crippen LogP contribution in [0.2, 0.25) is 0 Å². The molecule has 3 rings (SSSR count). The van der Waals surface area contributed by atoms with Crippen molar-refractivity contribution in [2.45, 2.75) is 30.1 Å². The number of hydrogen-bond acceptors (Lipinski definition) is 8. The highest BCUT2D eigenvalue weighted by atomic mass is 32.2. The van der Waals surface area contributed by atoms with E-state index in [-0.39, 0.29) is 23.2 Å². The van der Waals surface area contributed by atoms with Crippen LogP contribution in [-0.4, -0.2) is 47.3 Å².